The van der Waals surface area contributed by atoms with Crippen molar-refractivity contribution in [2.45, 2.75) is 25.3 Å². The lowest BCUT2D eigenvalue weighted by molar-refractivity contribution is 0.615. The van der Waals surface area contributed by atoms with Gasteiger partial charge in [0, 0.05) is 10.9 Å². The molecule has 0 bridgehead atoms. The average molecular weight is 237 g/mol. The van der Waals surface area contributed by atoms with Crippen LogP contribution >= 0.6 is 22.7 Å². The zero-order chi connectivity index (χ0) is 10.5. The van der Waals surface area contributed by atoms with Gasteiger partial charge in [-0.3, -0.25) is 0 Å². The lowest BCUT2D eigenvalue weighted by Gasteiger charge is -2.08. The number of nitrogens with two attached hydrogens (primary N) is 1. The summed E-state index contributed by atoms with van der Waals surface area (Å²) in [6.45, 7) is 0. The molecule has 0 aliphatic carbocycles. The van der Waals surface area contributed by atoms with E-state index in [9.17, 15) is 0 Å². The highest BCUT2D eigenvalue weighted by molar-refractivity contribution is 7.09. The van der Waals surface area contributed by atoms with Gasteiger partial charge in [-0.05, 0) is 53.1 Å². The molecule has 3 heteroatoms. The molecule has 0 spiro atoms. The summed E-state index contributed by atoms with van der Waals surface area (Å²) in [5, 5.41) is 6.37. The first-order valence-electron chi connectivity index (χ1n) is 5.16. The van der Waals surface area contributed by atoms with Gasteiger partial charge in [-0.25, -0.2) is 0 Å². The van der Waals surface area contributed by atoms with E-state index in [1.165, 1.54) is 16.9 Å². The van der Waals surface area contributed by atoms with E-state index in [1.807, 2.05) is 11.3 Å². The first kappa shape index (κ1) is 10.9. The van der Waals surface area contributed by atoms with Crippen molar-refractivity contribution in [1.29, 1.82) is 0 Å². The molecule has 0 saturated heterocycles. The Kier molecular flexibility index (Phi) is 3.94. The molecule has 1 atom stereocenters. The summed E-state index contributed by atoms with van der Waals surface area (Å²) in [6.07, 6.45) is 3.42. The normalized spacial score (nSPS) is 12.9. The van der Waals surface area contributed by atoms with Gasteiger partial charge in [-0.15, -0.1) is 11.3 Å². The monoisotopic (exact) mass is 237 g/mol. The molecular weight excluding hydrogens is 222 g/mol. The molecule has 2 heterocycles. The van der Waals surface area contributed by atoms with E-state index in [2.05, 4.69) is 34.3 Å². The van der Waals surface area contributed by atoms with Crippen molar-refractivity contribution >= 4 is 22.7 Å². The van der Waals surface area contributed by atoms with Crippen LogP contribution in [0.1, 0.15) is 29.3 Å². The number of thiophene rings is 2. The molecule has 2 aromatic heterocycles. The Morgan fingerprint density at radius 2 is 2.20 bits per heavy atom. The standard InChI is InChI=1S/C12H15NS2/c13-12(10-6-8-14-9-10)5-1-3-11-4-2-7-15-11/h2,4,6-9,12H,1,3,5,13H2. The predicted octanol–water partition coefficient (Wildman–Crippen LogP) is 3.83. The molecule has 15 heavy (non-hydrogen) atoms. The maximum absolute atomic E-state index is 6.09. The molecule has 2 N–H and O–H groups in total. The van der Waals surface area contributed by atoms with Gasteiger partial charge in [0.1, 0.15) is 0 Å². The van der Waals surface area contributed by atoms with Gasteiger partial charge in [0.25, 0.3) is 0 Å². The summed E-state index contributed by atoms with van der Waals surface area (Å²) < 4.78 is 0. The van der Waals surface area contributed by atoms with Crippen molar-refractivity contribution in [3.05, 3.63) is 44.8 Å². The second kappa shape index (κ2) is 5.45. The topological polar surface area (TPSA) is 26.0 Å². The van der Waals surface area contributed by atoms with E-state index in [4.69, 9.17) is 5.73 Å². The van der Waals surface area contributed by atoms with Gasteiger partial charge in [-0.1, -0.05) is 6.07 Å². The Bertz CT molecular complexity index is 364. The first-order chi connectivity index (χ1) is 7.36. The van der Waals surface area contributed by atoms with E-state index in [0.717, 1.165) is 12.8 Å². The van der Waals surface area contributed by atoms with E-state index >= 15 is 0 Å². The SMILES string of the molecule is NC(CCCc1cccs1)c1ccsc1. The second-order valence-electron chi connectivity index (χ2n) is 3.63. The Labute approximate surface area is 98.6 Å². The lowest BCUT2D eigenvalue weighted by atomic mass is 10.0. The van der Waals surface area contributed by atoms with Crippen LogP contribution in [0.4, 0.5) is 0 Å². The molecule has 0 fully saturated rings. The van der Waals surface area contributed by atoms with E-state index in [-0.39, 0.29) is 6.04 Å². The molecule has 0 aliphatic rings. The minimum absolute atomic E-state index is 0.219. The van der Waals surface area contributed by atoms with Crippen molar-refractivity contribution in [2.75, 3.05) is 0 Å². The molecule has 0 radical (unpaired) electrons. The van der Waals surface area contributed by atoms with Crippen molar-refractivity contribution in [3.63, 3.8) is 0 Å². The fourth-order valence-corrected chi connectivity index (χ4v) is 3.08. The Balaban J connectivity index is 1.74. The first-order valence-corrected chi connectivity index (χ1v) is 6.98. The van der Waals surface area contributed by atoms with Crippen molar-refractivity contribution in [1.82, 2.24) is 0 Å². The predicted molar refractivity (Wildman–Crippen MR) is 68.5 cm³/mol. The molecular formula is C12H15NS2. The average Bonchev–Trinajstić information content (AvgIpc) is 2.90. The van der Waals surface area contributed by atoms with Crippen LogP contribution in [0, 0.1) is 0 Å². The maximum Gasteiger partial charge on any atom is 0.0303 e. The third kappa shape index (κ3) is 3.16. The van der Waals surface area contributed by atoms with E-state index < -0.39 is 0 Å². The minimum atomic E-state index is 0.219. The summed E-state index contributed by atoms with van der Waals surface area (Å²) in [4.78, 5) is 1.47. The molecule has 0 amide bonds. The third-order valence-electron chi connectivity index (χ3n) is 2.49. The van der Waals surface area contributed by atoms with Crippen LogP contribution in [-0.2, 0) is 6.42 Å². The van der Waals surface area contributed by atoms with Gasteiger partial charge in [0.2, 0.25) is 0 Å². The maximum atomic E-state index is 6.09. The third-order valence-corrected chi connectivity index (χ3v) is 4.13. The molecule has 0 saturated carbocycles. The Morgan fingerprint density at radius 1 is 1.27 bits per heavy atom. The van der Waals surface area contributed by atoms with Crippen molar-refractivity contribution in [3.8, 4) is 0 Å². The van der Waals surface area contributed by atoms with Crippen LogP contribution in [0.2, 0.25) is 0 Å². The molecule has 2 aromatic rings. The minimum Gasteiger partial charge on any atom is -0.324 e. The van der Waals surface area contributed by atoms with Gasteiger partial charge >= 0.3 is 0 Å². The fourth-order valence-electron chi connectivity index (χ4n) is 1.60. The van der Waals surface area contributed by atoms with Crippen LogP contribution in [0.15, 0.2) is 34.3 Å². The molecule has 0 aromatic carbocycles. The van der Waals surface area contributed by atoms with Crippen LogP contribution in [0.3, 0.4) is 0 Å². The molecule has 80 valence electrons. The zero-order valence-corrected chi connectivity index (χ0v) is 10.2. The van der Waals surface area contributed by atoms with Crippen molar-refractivity contribution < 1.29 is 0 Å². The summed E-state index contributed by atoms with van der Waals surface area (Å²) >= 11 is 3.55. The lowest BCUT2D eigenvalue weighted by Crippen LogP contribution is -2.09. The summed E-state index contributed by atoms with van der Waals surface area (Å²) in [7, 11) is 0. The largest absolute Gasteiger partial charge is 0.324 e. The Hall–Kier alpha value is -0.640. The highest BCUT2D eigenvalue weighted by Crippen LogP contribution is 2.20. The number of aryl methyl sites for hydroxylation is 1. The summed E-state index contributed by atoms with van der Waals surface area (Å²) in [5.74, 6) is 0. The molecule has 2 rings (SSSR count). The van der Waals surface area contributed by atoms with Gasteiger partial charge in [-0.2, -0.15) is 11.3 Å². The molecule has 0 aliphatic heterocycles. The molecule has 1 nitrogen and oxygen atoms in total. The summed E-state index contributed by atoms with van der Waals surface area (Å²) in [6, 6.07) is 6.65. The molecule has 1 unspecified atom stereocenters. The number of hydrogen-bond acceptors (Lipinski definition) is 3. The second-order valence-corrected chi connectivity index (χ2v) is 5.45. The van der Waals surface area contributed by atoms with Crippen molar-refractivity contribution in [2.24, 2.45) is 5.73 Å². The van der Waals surface area contributed by atoms with Gasteiger partial charge < -0.3 is 5.73 Å². The van der Waals surface area contributed by atoms with Crippen LogP contribution in [-0.4, -0.2) is 0 Å². The van der Waals surface area contributed by atoms with Gasteiger partial charge in [0.05, 0.1) is 0 Å². The zero-order valence-electron chi connectivity index (χ0n) is 8.56. The van der Waals surface area contributed by atoms with E-state index in [0.29, 0.717) is 0 Å². The fraction of sp³-hybridized carbons (Fsp3) is 0.333. The quantitative estimate of drug-likeness (QED) is 0.840. The van der Waals surface area contributed by atoms with Crippen LogP contribution in [0.25, 0.3) is 0 Å². The Morgan fingerprint density at radius 3 is 2.87 bits per heavy atom. The smallest absolute Gasteiger partial charge is 0.0303 e. The number of rotatable bonds is 5. The van der Waals surface area contributed by atoms with Crippen LogP contribution in [0.5, 0.6) is 0 Å². The highest BCUT2D eigenvalue weighted by Gasteiger charge is 2.05. The van der Waals surface area contributed by atoms with Crippen LogP contribution < -0.4 is 5.73 Å². The number of hydrogen-bond donors (Lipinski definition) is 1. The highest BCUT2D eigenvalue weighted by atomic mass is 32.1. The summed E-state index contributed by atoms with van der Waals surface area (Å²) in [5.41, 5.74) is 7.37. The van der Waals surface area contributed by atoms with Gasteiger partial charge in [0.15, 0.2) is 0 Å². The van der Waals surface area contributed by atoms with E-state index in [1.54, 1.807) is 11.3 Å².